The molecule has 0 aliphatic heterocycles. The van der Waals surface area contributed by atoms with Crippen molar-refractivity contribution >= 4 is 97.7 Å². The van der Waals surface area contributed by atoms with Gasteiger partial charge in [-0.1, -0.05) is 146 Å². The molecule has 0 saturated heterocycles. The van der Waals surface area contributed by atoms with E-state index in [9.17, 15) is 0 Å². The smallest absolute Gasteiger partial charge is 0.136 e. The van der Waals surface area contributed by atoms with Gasteiger partial charge in [0.1, 0.15) is 11.0 Å². The molecule has 54 heavy (non-hydrogen) atoms. The van der Waals surface area contributed by atoms with Crippen LogP contribution in [0.25, 0.3) is 109 Å². The predicted octanol–water partition coefficient (Wildman–Crippen LogP) is 13.5. The molecule has 9 aromatic carbocycles. The largest absolute Gasteiger partial charge is 0.456 e. The van der Waals surface area contributed by atoms with E-state index in [0.29, 0.717) is 0 Å². The second-order valence-electron chi connectivity index (χ2n) is 14.7. The zero-order chi connectivity index (χ0) is 35.3. The molecule has 0 fully saturated rings. The molecule has 2 aromatic heterocycles. The minimum absolute atomic E-state index is 0.232. The van der Waals surface area contributed by atoms with E-state index in [1.807, 2.05) is 11.3 Å². The van der Waals surface area contributed by atoms with Crippen LogP contribution in [0, 0.1) is 0 Å². The van der Waals surface area contributed by atoms with Crippen LogP contribution in [0.4, 0.5) is 0 Å². The van der Waals surface area contributed by atoms with Crippen LogP contribution in [0.15, 0.2) is 168 Å². The van der Waals surface area contributed by atoms with Crippen molar-refractivity contribution in [2.75, 3.05) is 0 Å². The van der Waals surface area contributed by atoms with Gasteiger partial charge in [-0.3, -0.25) is 0 Å². The Morgan fingerprint density at radius 3 is 1.89 bits per heavy atom. The molecule has 1 nitrogen and oxygen atoms in total. The quantitative estimate of drug-likeness (QED) is 0.167. The molecule has 0 N–H and O–H groups in total. The third-order valence-electron chi connectivity index (χ3n) is 11.8. The third-order valence-corrected chi connectivity index (χ3v) is 13.0. The summed E-state index contributed by atoms with van der Waals surface area (Å²) in [6.07, 6.45) is 5.67. The summed E-state index contributed by atoms with van der Waals surface area (Å²) in [5, 5.41) is 15.3. The first-order valence-corrected chi connectivity index (χ1v) is 19.6. The molecule has 1 unspecified atom stereocenters. The van der Waals surface area contributed by atoms with Gasteiger partial charge in [0.05, 0.1) is 0 Å². The molecule has 2 heterocycles. The zero-order valence-corrected chi connectivity index (χ0v) is 30.2. The van der Waals surface area contributed by atoms with Crippen LogP contribution >= 0.6 is 11.3 Å². The summed E-state index contributed by atoms with van der Waals surface area (Å²) in [6.45, 7) is 0. The number of fused-ring (bicyclic) bond motifs is 12. The van der Waals surface area contributed by atoms with Gasteiger partial charge in [-0.05, 0) is 102 Å². The van der Waals surface area contributed by atoms with Crippen LogP contribution in [0.3, 0.4) is 0 Å². The van der Waals surface area contributed by atoms with Crippen LogP contribution < -0.4 is 10.6 Å². The van der Waals surface area contributed by atoms with Gasteiger partial charge in [0.2, 0.25) is 0 Å². The summed E-state index contributed by atoms with van der Waals surface area (Å²) in [5.41, 5.74) is 8.35. The topological polar surface area (TPSA) is 13.1 Å². The molecule has 0 amide bonds. The molecule has 1 aliphatic rings. The van der Waals surface area contributed by atoms with E-state index in [4.69, 9.17) is 4.42 Å². The summed E-state index contributed by atoms with van der Waals surface area (Å²) in [4.78, 5) is 0. The number of furan rings is 1. The molecule has 0 saturated carbocycles. The average Bonchev–Trinajstić information content (AvgIpc) is 3.81. The number of hydrogen-bond donors (Lipinski definition) is 0. The van der Waals surface area contributed by atoms with E-state index in [0.717, 1.165) is 17.4 Å². The van der Waals surface area contributed by atoms with Crippen molar-refractivity contribution in [3.63, 3.8) is 0 Å². The highest BCUT2D eigenvalue weighted by molar-refractivity contribution is 7.26. The number of rotatable bonds is 3. The lowest BCUT2D eigenvalue weighted by Gasteiger charge is -2.19. The maximum absolute atomic E-state index is 6.53. The van der Waals surface area contributed by atoms with Gasteiger partial charge >= 0.3 is 0 Å². The average molecular weight is 705 g/mol. The molecule has 1 aliphatic carbocycles. The van der Waals surface area contributed by atoms with E-state index in [1.54, 1.807) is 0 Å². The fourth-order valence-corrected chi connectivity index (χ4v) is 10.5. The van der Waals surface area contributed by atoms with Crippen LogP contribution in [0.5, 0.6) is 0 Å². The lowest BCUT2D eigenvalue weighted by atomic mass is 9.84. The van der Waals surface area contributed by atoms with Gasteiger partial charge in [0, 0.05) is 42.1 Å². The summed E-state index contributed by atoms with van der Waals surface area (Å²) < 4.78 is 9.21. The monoisotopic (exact) mass is 704 g/mol. The SMILES string of the molecule is C1=c2oc3ccc4c(ccc5c6ccccc6sc54)c3c2=CC(c2cccc(-c3c4ccccc4c(-c4ccc5ccccc5c4)c4ccccc34)c2)C1. The van der Waals surface area contributed by atoms with Crippen molar-refractivity contribution in [3.8, 4) is 22.3 Å². The molecule has 0 spiro atoms. The van der Waals surface area contributed by atoms with Gasteiger partial charge in [-0.15, -0.1) is 11.3 Å². The molecule has 2 heteroatoms. The standard InChI is InChI=1S/C52H32OS/c1-2-11-32-28-36(21-20-31(32)10-1)50-40-17-5-3-15-38(40)49(39-16-4-6-18-41(39)50)35-13-9-12-33(29-35)34-22-26-46-45(30-34)51-42-23-24-43-37-14-7-8-19-48(37)54-52(43)44(42)25-27-47(51)53-46/h1-21,23-30,34H,22H2. The van der Waals surface area contributed by atoms with E-state index in [-0.39, 0.29) is 5.92 Å². The Balaban J connectivity index is 1.03. The van der Waals surface area contributed by atoms with Crippen LogP contribution in [0.2, 0.25) is 0 Å². The Morgan fingerprint density at radius 2 is 1.11 bits per heavy atom. The minimum atomic E-state index is 0.232. The summed E-state index contributed by atoms with van der Waals surface area (Å²) in [7, 11) is 0. The van der Waals surface area contributed by atoms with Crippen molar-refractivity contribution in [2.24, 2.45) is 0 Å². The lowest BCUT2D eigenvalue weighted by Crippen LogP contribution is -2.25. The second-order valence-corrected chi connectivity index (χ2v) is 15.7. The Bertz CT molecular complexity index is 3430. The van der Waals surface area contributed by atoms with Gasteiger partial charge in [0.15, 0.2) is 0 Å². The van der Waals surface area contributed by atoms with E-state index >= 15 is 0 Å². The molecule has 0 bridgehead atoms. The summed E-state index contributed by atoms with van der Waals surface area (Å²) in [6, 6.07) is 60.5. The Morgan fingerprint density at radius 1 is 0.481 bits per heavy atom. The maximum Gasteiger partial charge on any atom is 0.136 e. The summed E-state index contributed by atoms with van der Waals surface area (Å²) in [5.74, 6) is 0.232. The van der Waals surface area contributed by atoms with Crippen molar-refractivity contribution in [1.29, 1.82) is 0 Å². The van der Waals surface area contributed by atoms with E-state index in [2.05, 4.69) is 176 Å². The molecule has 0 radical (unpaired) electrons. The Kier molecular flexibility index (Phi) is 6.40. The van der Waals surface area contributed by atoms with Crippen molar-refractivity contribution in [3.05, 3.63) is 180 Å². The zero-order valence-electron chi connectivity index (χ0n) is 29.3. The molecule has 1 atom stereocenters. The fraction of sp³-hybridized carbons (Fsp3) is 0.0385. The minimum Gasteiger partial charge on any atom is -0.456 e. The molecule has 12 rings (SSSR count). The maximum atomic E-state index is 6.53. The number of hydrogen-bond acceptors (Lipinski definition) is 2. The number of thiophene rings is 1. The second kappa shape index (κ2) is 11.5. The first kappa shape index (κ1) is 30.0. The lowest BCUT2D eigenvalue weighted by molar-refractivity contribution is 0.570. The van der Waals surface area contributed by atoms with Crippen molar-refractivity contribution in [2.45, 2.75) is 12.3 Å². The van der Waals surface area contributed by atoms with Crippen LogP contribution in [0.1, 0.15) is 17.9 Å². The first-order chi connectivity index (χ1) is 26.8. The Hall–Kier alpha value is -6.48. The van der Waals surface area contributed by atoms with E-state index < -0.39 is 0 Å². The highest BCUT2D eigenvalue weighted by atomic mass is 32.1. The summed E-state index contributed by atoms with van der Waals surface area (Å²) >= 11 is 1.89. The normalized spacial score (nSPS) is 14.3. The predicted molar refractivity (Wildman–Crippen MR) is 232 cm³/mol. The van der Waals surface area contributed by atoms with Gasteiger partial charge in [-0.25, -0.2) is 0 Å². The molecule has 11 aromatic rings. The number of benzene rings is 9. The van der Waals surface area contributed by atoms with E-state index in [1.165, 1.54) is 102 Å². The molecular formula is C52H32OS. The first-order valence-electron chi connectivity index (χ1n) is 18.8. The van der Waals surface area contributed by atoms with Gasteiger partial charge < -0.3 is 4.42 Å². The van der Waals surface area contributed by atoms with Crippen molar-refractivity contribution < 1.29 is 4.42 Å². The van der Waals surface area contributed by atoms with Crippen molar-refractivity contribution in [1.82, 2.24) is 0 Å². The Labute approximate surface area is 315 Å². The molecular weight excluding hydrogens is 673 g/mol. The molecule has 252 valence electrons. The fourth-order valence-electron chi connectivity index (χ4n) is 9.30. The van der Waals surface area contributed by atoms with Crippen LogP contribution in [-0.4, -0.2) is 0 Å². The highest BCUT2D eigenvalue weighted by Gasteiger charge is 2.20. The van der Waals surface area contributed by atoms with Gasteiger partial charge in [0.25, 0.3) is 0 Å². The highest BCUT2D eigenvalue weighted by Crippen LogP contribution is 2.45. The third kappa shape index (κ3) is 4.38. The van der Waals surface area contributed by atoms with Gasteiger partial charge in [-0.2, -0.15) is 0 Å². The van der Waals surface area contributed by atoms with Crippen LogP contribution in [-0.2, 0) is 0 Å².